The molecule has 0 radical (unpaired) electrons. The van der Waals surface area contributed by atoms with E-state index in [0.717, 1.165) is 11.4 Å². The number of carbonyl (C=O) groups excluding carboxylic acids is 2. The first-order valence-corrected chi connectivity index (χ1v) is 9.89. The van der Waals surface area contributed by atoms with E-state index < -0.39 is 23.3 Å². The van der Waals surface area contributed by atoms with Crippen molar-refractivity contribution in [1.82, 2.24) is 4.57 Å². The monoisotopic (exact) mass is 436 g/mol. The Morgan fingerprint density at radius 2 is 1.75 bits per heavy atom. The number of fused-ring (bicyclic) bond motifs is 1. The average Bonchev–Trinajstić information content (AvgIpc) is 3.10. The van der Waals surface area contributed by atoms with E-state index in [9.17, 15) is 19.7 Å². The first-order chi connectivity index (χ1) is 15.4. The summed E-state index contributed by atoms with van der Waals surface area (Å²) in [6.45, 7) is 4.09. The second-order valence-corrected chi connectivity index (χ2v) is 7.22. The van der Waals surface area contributed by atoms with Crippen molar-refractivity contribution in [3.63, 3.8) is 0 Å². The molecule has 164 valence electrons. The van der Waals surface area contributed by atoms with Gasteiger partial charge in [0.05, 0.1) is 4.92 Å². The summed E-state index contributed by atoms with van der Waals surface area (Å²) >= 11 is 0. The van der Waals surface area contributed by atoms with Crippen LogP contribution in [-0.4, -0.2) is 41.1 Å². The van der Waals surface area contributed by atoms with Crippen LogP contribution in [0, 0.1) is 24.0 Å². The lowest BCUT2D eigenvalue weighted by molar-refractivity contribution is -0.385. The molecule has 0 amide bonds. The number of rotatable bonds is 6. The molecule has 0 saturated carbocycles. The van der Waals surface area contributed by atoms with Crippen molar-refractivity contribution in [1.29, 1.82) is 0 Å². The Hall–Kier alpha value is -4.14. The maximum Gasteiger partial charge on any atom is 0.345 e. The number of nitrogens with zero attached hydrogens (tertiary/aromatic N) is 2. The summed E-state index contributed by atoms with van der Waals surface area (Å²) < 4.78 is 18.2. The quantitative estimate of drug-likeness (QED) is 0.250. The van der Waals surface area contributed by atoms with Crippen molar-refractivity contribution in [3.05, 3.63) is 81.2 Å². The lowest BCUT2D eigenvalue weighted by Gasteiger charge is -2.20. The average molecular weight is 436 g/mol. The predicted molar refractivity (Wildman–Crippen MR) is 114 cm³/mol. The molecule has 1 aromatic heterocycles. The summed E-state index contributed by atoms with van der Waals surface area (Å²) in [5, 5.41) is 11.1. The van der Waals surface area contributed by atoms with Gasteiger partial charge in [-0.05, 0) is 38.1 Å². The second kappa shape index (κ2) is 8.54. The fourth-order valence-corrected chi connectivity index (χ4v) is 3.71. The third-order valence-corrected chi connectivity index (χ3v) is 5.17. The number of aryl methyl sites for hydroxylation is 1. The van der Waals surface area contributed by atoms with E-state index in [1.54, 1.807) is 13.0 Å². The van der Waals surface area contributed by atoms with Crippen LogP contribution in [0.3, 0.4) is 0 Å². The van der Waals surface area contributed by atoms with Crippen LogP contribution in [0.5, 0.6) is 11.5 Å². The summed E-state index contributed by atoms with van der Waals surface area (Å²) in [5.74, 6) is -0.0340. The van der Waals surface area contributed by atoms with Crippen LogP contribution in [-0.2, 0) is 4.74 Å². The molecule has 1 aliphatic heterocycles. The van der Waals surface area contributed by atoms with Gasteiger partial charge >= 0.3 is 5.97 Å². The molecule has 0 aliphatic carbocycles. The van der Waals surface area contributed by atoms with Gasteiger partial charge in [-0.3, -0.25) is 14.9 Å². The number of carbonyl (C=O) groups is 2. The molecule has 0 spiro atoms. The summed E-state index contributed by atoms with van der Waals surface area (Å²) in [5.41, 5.74) is 2.11. The van der Waals surface area contributed by atoms with Crippen LogP contribution in [0.15, 0.2) is 48.5 Å². The highest BCUT2D eigenvalue weighted by Gasteiger charge is 2.23. The van der Waals surface area contributed by atoms with Gasteiger partial charge in [-0.1, -0.05) is 12.1 Å². The highest BCUT2D eigenvalue weighted by molar-refractivity contribution is 6.01. The molecular weight excluding hydrogens is 416 g/mol. The maximum atomic E-state index is 12.8. The Balaban J connectivity index is 1.53. The normalized spacial score (nSPS) is 12.3. The molecule has 0 atom stereocenters. The minimum absolute atomic E-state index is 0.202. The topological polar surface area (TPSA) is 110 Å². The summed E-state index contributed by atoms with van der Waals surface area (Å²) in [7, 11) is 0. The fourth-order valence-electron chi connectivity index (χ4n) is 3.71. The van der Waals surface area contributed by atoms with E-state index in [-0.39, 0.29) is 11.3 Å². The lowest BCUT2D eigenvalue weighted by Crippen LogP contribution is -2.16. The predicted octanol–water partition coefficient (Wildman–Crippen LogP) is 3.81. The van der Waals surface area contributed by atoms with Crippen LogP contribution in [0.25, 0.3) is 5.69 Å². The van der Waals surface area contributed by atoms with E-state index in [2.05, 4.69) is 0 Å². The molecule has 0 saturated heterocycles. The number of Topliss-reactive ketones (excluding diaryl/α,β-unsaturated/α-hetero) is 1. The number of benzene rings is 2. The van der Waals surface area contributed by atoms with Crippen molar-refractivity contribution >= 4 is 17.4 Å². The molecule has 0 unspecified atom stereocenters. The molecule has 9 nitrogen and oxygen atoms in total. The van der Waals surface area contributed by atoms with Crippen molar-refractivity contribution < 1.29 is 28.7 Å². The number of ether oxygens (including phenoxy) is 3. The first kappa shape index (κ1) is 21.1. The smallest absolute Gasteiger partial charge is 0.345 e. The SMILES string of the molecule is Cc1cc(C(=O)COC(=O)c2ccccc2[N+](=O)[O-])c(C)n1-c1ccc2c(c1)OCCO2. The fraction of sp³-hybridized carbons (Fsp3) is 0.217. The highest BCUT2D eigenvalue weighted by Crippen LogP contribution is 2.33. The van der Waals surface area contributed by atoms with E-state index in [1.165, 1.54) is 24.3 Å². The van der Waals surface area contributed by atoms with Crippen LogP contribution in [0.4, 0.5) is 5.69 Å². The zero-order valence-electron chi connectivity index (χ0n) is 17.5. The van der Waals surface area contributed by atoms with Crippen molar-refractivity contribution in [2.75, 3.05) is 19.8 Å². The van der Waals surface area contributed by atoms with E-state index in [1.807, 2.05) is 29.7 Å². The Labute approximate surface area is 183 Å². The third kappa shape index (κ3) is 3.92. The number of ketones is 1. The number of hydrogen-bond donors (Lipinski definition) is 0. The summed E-state index contributed by atoms with van der Waals surface area (Å²) in [6.07, 6.45) is 0. The van der Waals surface area contributed by atoms with Gasteiger partial charge in [-0.25, -0.2) is 4.79 Å². The van der Waals surface area contributed by atoms with Crippen LogP contribution in [0.1, 0.15) is 32.1 Å². The minimum atomic E-state index is -0.925. The molecule has 9 heteroatoms. The van der Waals surface area contributed by atoms with Crippen molar-refractivity contribution in [2.45, 2.75) is 13.8 Å². The zero-order valence-corrected chi connectivity index (χ0v) is 17.5. The number of aromatic nitrogens is 1. The molecule has 32 heavy (non-hydrogen) atoms. The standard InChI is InChI=1S/C23H20N2O7/c1-14-11-18(15(2)24(14)16-7-8-21-22(12-16)31-10-9-30-21)20(26)13-32-23(27)17-5-3-4-6-19(17)25(28)29/h3-8,11-12H,9-10,13H2,1-2H3. The molecule has 0 bridgehead atoms. The van der Waals surface area contributed by atoms with E-state index >= 15 is 0 Å². The molecule has 3 aromatic rings. The van der Waals surface area contributed by atoms with E-state index in [4.69, 9.17) is 14.2 Å². The van der Waals surface area contributed by atoms with Crippen LogP contribution in [0.2, 0.25) is 0 Å². The van der Waals surface area contributed by atoms with Gasteiger partial charge in [0.1, 0.15) is 18.8 Å². The molecule has 2 aromatic carbocycles. The maximum absolute atomic E-state index is 12.8. The lowest BCUT2D eigenvalue weighted by atomic mass is 10.1. The zero-order chi connectivity index (χ0) is 22.8. The van der Waals surface area contributed by atoms with Crippen LogP contribution < -0.4 is 9.47 Å². The second-order valence-electron chi connectivity index (χ2n) is 7.22. The Kier molecular flexibility index (Phi) is 5.63. The summed E-state index contributed by atoms with van der Waals surface area (Å²) in [6, 6.07) is 12.7. The van der Waals surface area contributed by atoms with Crippen LogP contribution >= 0.6 is 0 Å². The molecule has 4 rings (SSSR count). The van der Waals surface area contributed by atoms with Crippen molar-refractivity contribution in [2.24, 2.45) is 0 Å². The Morgan fingerprint density at radius 1 is 1.03 bits per heavy atom. The van der Waals surface area contributed by atoms with Gasteiger partial charge in [-0.15, -0.1) is 0 Å². The van der Waals surface area contributed by atoms with Gasteiger partial charge in [0, 0.05) is 34.8 Å². The molecule has 1 aliphatic rings. The highest BCUT2D eigenvalue weighted by atomic mass is 16.6. The van der Waals surface area contributed by atoms with Gasteiger partial charge in [0.15, 0.2) is 18.1 Å². The van der Waals surface area contributed by atoms with Gasteiger partial charge in [-0.2, -0.15) is 0 Å². The molecule has 0 N–H and O–H groups in total. The van der Waals surface area contributed by atoms with Gasteiger partial charge < -0.3 is 18.8 Å². The Morgan fingerprint density at radius 3 is 2.50 bits per heavy atom. The molecule has 2 heterocycles. The van der Waals surface area contributed by atoms with Gasteiger partial charge in [0.25, 0.3) is 5.69 Å². The van der Waals surface area contributed by atoms with Crippen molar-refractivity contribution in [3.8, 4) is 17.2 Å². The summed E-state index contributed by atoms with van der Waals surface area (Å²) in [4.78, 5) is 35.5. The number of nitro benzene ring substituents is 1. The number of esters is 1. The number of para-hydroxylation sites is 1. The number of hydrogen-bond acceptors (Lipinski definition) is 7. The third-order valence-electron chi connectivity index (χ3n) is 5.17. The first-order valence-electron chi connectivity index (χ1n) is 9.89. The number of nitro groups is 1. The Bertz CT molecular complexity index is 1230. The minimum Gasteiger partial charge on any atom is -0.486 e. The van der Waals surface area contributed by atoms with Gasteiger partial charge in [0.2, 0.25) is 5.78 Å². The van der Waals surface area contributed by atoms with E-state index in [0.29, 0.717) is 36.0 Å². The molecule has 0 fully saturated rings. The molecular formula is C23H20N2O7. The largest absolute Gasteiger partial charge is 0.486 e.